The maximum absolute atomic E-state index is 11.5. The minimum Gasteiger partial charge on any atom is -0.366 e. The van der Waals surface area contributed by atoms with Crippen molar-refractivity contribution in [2.75, 3.05) is 13.2 Å². The molecule has 36 heavy (non-hydrogen) atoms. The highest BCUT2D eigenvalue weighted by atomic mass is 35.5. The third-order valence-electron chi connectivity index (χ3n) is 9.49. The van der Waals surface area contributed by atoms with Crippen LogP contribution in [-0.4, -0.2) is 30.7 Å². The van der Waals surface area contributed by atoms with Gasteiger partial charge in [0.15, 0.2) is 11.9 Å². The van der Waals surface area contributed by atoms with Crippen molar-refractivity contribution in [1.29, 1.82) is 5.26 Å². The largest absolute Gasteiger partial charge is 0.366 e. The van der Waals surface area contributed by atoms with Gasteiger partial charge in [-0.2, -0.15) is 5.26 Å². The number of rotatable bonds is 5. The lowest BCUT2D eigenvalue weighted by Gasteiger charge is -2.52. The number of halogens is 2. The number of carbonyl (C=O) groups excluding carboxylic acids is 1. The third kappa shape index (κ3) is 4.00. The van der Waals surface area contributed by atoms with Gasteiger partial charge in [0.2, 0.25) is 0 Å². The van der Waals surface area contributed by atoms with Gasteiger partial charge in [-0.05, 0) is 79.8 Å². The number of benzene rings is 2. The lowest BCUT2D eigenvalue weighted by Crippen LogP contribution is -2.62. The monoisotopic (exact) mass is 525 g/mol. The Balaban J connectivity index is 0.000000148. The second kappa shape index (κ2) is 9.44. The van der Waals surface area contributed by atoms with Crippen molar-refractivity contribution in [3.63, 3.8) is 0 Å². The summed E-state index contributed by atoms with van der Waals surface area (Å²) in [6.07, 6.45) is 7.17. The molecule has 2 heterocycles. The zero-order chi connectivity index (χ0) is 25.6. The van der Waals surface area contributed by atoms with E-state index in [-0.39, 0.29) is 10.8 Å². The van der Waals surface area contributed by atoms with E-state index in [1.54, 1.807) is 0 Å². The predicted molar refractivity (Wildman–Crippen MR) is 141 cm³/mol. The van der Waals surface area contributed by atoms with Crippen molar-refractivity contribution in [1.82, 2.24) is 0 Å². The summed E-state index contributed by atoms with van der Waals surface area (Å²) in [5.41, 5.74) is 1.51. The quantitative estimate of drug-likeness (QED) is 0.400. The maximum atomic E-state index is 11.5. The smallest absolute Gasteiger partial charge is 0.164 e. The molecule has 4 nitrogen and oxygen atoms in total. The van der Waals surface area contributed by atoms with Crippen LogP contribution in [0, 0.1) is 34.0 Å². The number of ether oxygens (including phenoxy) is 2. The van der Waals surface area contributed by atoms with Crippen molar-refractivity contribution >= 4 is 29.5 Å². The minimum atomic E-state index is -0.549. The Morgan fingerprint density at radius 3 is 1.81 bits per heavy atom. The highest BCUT2D eigenvalue weighted by Gasteiger charge is 2.66. The topological polar surface area (TPSA) is 59.3 Å². The molecule has 0 bridgehead atoms. The molecule has 0 amide bonds. The van der Waals surface area contributed by atoms with Crippen LogP contribution >= 0.6 is 23.2 Å². The third-order valence-corrected chi connectivity index (χ3v) is 9.99. The summed E-state index contributed by atoms with van der Waals surface area (Å²) in [7, 11) is 0. The molecule has 0 radical (unpaired) electrons. The highest BCUT2D eigenvalue weighted by molar-refractivity contribution is 6.30. The first-order valence-electron chi connectivity index (χ1n) is 12.8. The van der Waals surface area contributed by atoms with Gasteiger partial charge >= 0.3 is 0 Å². The second-order valence-electron chi connectivity index (χ2n) is 11.6. The molecule has 1 unspecified atom stereocenters. The van der Waals surface area contributed by atoms with Crippen LogP contribution in [0.1, 0.15) is 50.7 Å². The van der Waals surface area contributed by atoms with Crippen molar-refractivity contribution in [3.05, 3.63) is 69.7 Å². The standard InChI is InChI=1S/C15H16ClNO.C15H17ClO2/c2*1-14-7-6-12(15(14,9-17)18-10-14)8-11-2-4-13(16)5-3-11/h2-5,12H,6-8,10H2,1H3;2-5,9,12H,6-8,10H2,1H3/t12?,14-,15-;12-,14+,15+/m01/s1. The van der Waals surface area contributed by atoms with E-state index in [4.69, 9.17) is 32.7 Å². The summed E-state index contributed by atoms with van der Waals surface area (Å²) in [4.78, 5) is 11.5. The Bertz CT molecular complexity index is 1160. The second-order valence-corrected chi connectivity index (χ2v) is 12.5. The van der Waals surface area contributed by atoms with E-state index in [2.05, 4.69) is 19.9 Å². The number of carbonyl (C=O) groups is 1. The van der Waals surface area contributed by atoms with Gasteiger partial charge < -0.3 is 14.3 Å². The van der Waals surface area contributed by atoms with E-state index in [0.717, 1.165) is 68.1 Å². The van der Waals surface area contributed by atoms with Crippen LogP contribution in [0.25, 0.3) is 0 Å². The van der Waals surface area contributed by atoms with Gasteiger partial charge in [0.25, 0.3) is 0 Å². The van der Waals surface area contributed by atoms with E-state index in [0.29, 0.717) is 11.8 Å². The van der Waals surface area contributed by atoms with E-state index in [1.807, 2.05) is 48.5 Å². The molecule has 0 spiro atoms. The molecule has 4 aliphatic rings. The number of fused-ring (bicyclic) bond motifs is 2. The summed E-state index contributed by atoms with van der Waals surface area (Å²) in [5.74, 6) is 0.609. The van der Waals surface area contributed by atoms with Crippen molar-refractivity contribution < 1.29 is 14.3 Å². The first kappa shape index (κ1) is 25.7. The zero-order valence-electron chi connectivity index (χ0n) is 20.9. The molecule has 6 rings (SSSR count). The van der Waals surface area contributed by atoms with Crippen molar-refractivity contribution in [2.45, 2.75) is 63.6 Å². The van der Waals surface area contributed by atoms with E-state index in [9.17, 15) is 10.1 Å². The van der Waals surface area contributed by atoms with E-state index < -0.39 is 11.2 Å². The lowest BCUT2D eigenvalue weighted by molar-refractivity contribution is -0.239. The molecular weight excluding hydrogens is 493 g/mol. The van der Waals surface area contributed by atoms with E-state index in [1.165, 1.54) is 11.1 Å². The van der Waals surface area contributed by atoms with E-state index >= 15 is 0 Å². The number of nitriles is 1. The van der Waals surface area contributed by atoms with Gasteiger partial charge in [0, 0.05) is 26.8 Å². The fourth-order valence-electron chi connectivity index (χ4n) is 6.95. The summed E-state index contributed by atoms with van der Waals surface area (Å²) >= 11 is 11.8. The molecular formula is C30H33Cl2NO3. The zero-order valence-corrected chi connectivity index (χ0v) is 22.4. The van der Waals surface area contributed by atoms with Gasteiger partial charge in [-0.25, -0.2) is 0 Å². The van der Waals surface area contributed by atoms with Gasteiger partial charge in [-0.1, -0.05) is 61.3 Å². The number of hydrogen-bond donors (Lipinski definition) is 0. The average Bonchev–Trinajstić information content (AvgIpc) is 3.16. The molecule has 2 saturated heterocycles. The summed E-state index contributed by atoms with van der Waals surface area (Å²) in [6, 6.07) is 18.2. The molecule has 6 atom stereocenters. The molecule has 2 aliphatic heterocycles. The van der Waals surface area contributed by atoms with Crippen LogP contribution in [-0.2, 0) is 27.1 Å². The number of nitrogens with zero attached hydrogens (tertiary/aromatic N) is 1. The SMILES string of the molecule is C[C@@]12CCC(Cc3ccc(Cl)cc3)[C@]1(C#N)OC2.C[C@@]12CC[C@H](Cc3ccc(Cl)cc3)[C@]1(C=O)OC2. The molecule has 0 N–H and O–H groups in total. The first-order chi connectivity index (χ1) is 17.2. The fourth-order valence-corrected chi connectivity index (χ4v) is 7.20. The van der Waals surface area contributed by atoms with Crippen LogP contribution in [0.3, 0.4) is 0 Å². The predicted octanol–water partition coefficient (Wildman–Crippen LogP) is 6.86. The van der Waals surface area contributed by atoms with Gasteiger partial charge in [0.1, 0.15) is 5.60 Å². The van der Waals surface area contributed by atoms with Crippen LogP contribution in [0.15, 0.2) is 48.5 Å². The number of hydrogen-bond acceptors (Lipinski definition) is 4. The first-order valence-corrected chi connectivity index (χ1v) is 13.6. The Morgan fingerprint density at radius 1 is 0.861 bits per heavy atom. The Hall–Kier alpha value is -1.90. The molecule has 190 valence electrons. The van der Waals surface area contributed by atoms with Gasteiger partial charge in [-0.3, -0.25) is 0 Å². The molecule has 2 aromatic rings. The van der Waals surface area contributed by atoms with Gasteiger partial charge in [-0.15, -0.1) is 0 Å². The molecule has 0 aromatic heterocycles. The molecule has 2 saturated carbocycles. The van der Waals surface area contributed by atoms with Crippen LogP contribution in [0.2, 0.25) is 10.0 Å². The van der Waals surface area contributed by atoms with Gasteiger partial charge in [0.05, 0.1) is 19.3 Å². The Kier molecular flexibility index (Phi) is 6.75. The van der Waals surface area contributed by atoms with Crippen LogP contribution in [0.5, 0.6) is 0 Å². The lowest BCUT2D eigenvalue weighted by atomic mass is 9.68. The van der Waals surface area contributed by atoms with Crippen molar-refractivity contribution in [3.8, 4) is 6.07 Å². The summed E-state index contributed by atoms with van der Waals surface area (Å²) in [5, 5.41) is 11.0. The fraction of sp³-hybridized carbons (Fsp3) is 0.533. The molecule has 6 heteroatoms. The summed E-state index contributed by atoms with van der Waals surface area (Å²) < 4.78 is 11.4. The minimum absolute atomic E-state index is 0.0614. The number of aldehydes is 1. The Morgan fingerprint density at radius 2 is 1.36 bits per heavy atom. The normalized spacial score (nSPS) is 37.9. The Labute approximate surface area is 223 Å². The molecule has 2 aliphatic carbocycles. The van der Waals surface area contributed by atoms with Crippen LogP contribution < -0.4 is 0 Å². The molecule has 2 aromatic carbocycles. The summed E-state index contributed by atoms with van der Waals surface area (Å²) in [6.45, 7) is 5.81. The maximum Gasteiger partial charge on any atom is 0.164 e. The highest BCUT2D eigenvalue weighted by Crippen LogP contribution is 2.60. The van der Waals surface area contributed by atoms with Crippen molar-refractivity contribution in [2.24, 2.45) is 22.7 Å². The van der Waals surface area contributed by atoms with Crippen LogP contribution in [0.4, 0.5) is 0 Å². The molecule has 4 fully saturated rings. The average molecular weight is 527 g/mol.